The number of hydrogen-bond donors (Lipinski definition) is 2. The average Bonchev–Trinajstić information content (AvgIpc) is 2.63. The van der Waals surface area contributed by atoms with E-state index >= 15 is 0 Å². The van der Waals surface area contributed by atoms with Gasteiger partial charge in [0.05, 0.1) is 0 Å². The van der Waals surface area contributed by atoms with Crippen molar-refractivity contribution in [1.82, 2.24) is 10.6 Å². The molecule has 0 radical (unpaired) electrons. The third kappa shape index (κ3) is 6.86. The highest BCUT2D eigenvalue weighted by molar-refractivity contribution is 5.26. The smallest absolute Gasteiger partial charge is 0.0205 e. The maximum atomic E-state index is 3.45. The Bertz CT molecular complexity index is 504. The summed E-state index contributed by atoms with van der Waals surface area (Å²) < 4.78 is 0. The predicted octanol–water partition coefficient (Wildman–Crippen LogP) is 4.47. The predicted molar refractivity (Wildman–Crippen MR) is 104 cm³/mol. The molecule has 2 aromatic rings. The number of aryl methyl sites for hydroxylation is 2. The van der Waals surface area contributed by atoms with E-state index in [9.17, 15) is 0 Å². The third-order valence-corrected chi connectivity index (χ3v) is 4.26. The van der Waals surface area contributed by atoms with E-state index in [0.717, 1.165) is 39.0 Å². The highest BCUT2D eigenvalue weighted by Crippen LogP contribution is 2.11. The van der Waals surface area contributed by atoms with Crippen LogP contribution in [-0.4, -0.2) is 13.1 Å². The maximum Gasteiger partial charge on any atom is 0.0205 e. The van der Waals surface area contributed by atoms with Crippen molar-refractivity contribution < 1.29 is 0 Å². The Balaban J connectivity index is 1.76. The van der Waals surface area contributed by atoms with Crippen LogP contribution in [0.4, 0.5) is 0 Å². The zero-order valence-electron chi connectivity index (χ0n) is 15.3. The number of hydrogen-bond acceptors (Lipinski definition) is 2. The van der Waals surface area contributed by atoms with Gasteiger partial charge >= 0.3 is 0 Å². The van der Waals surface area contributed by atoms with Gasteiger partial charge in [0, 0.05) is 13.1 Å². The Morgan fingerprint density at radius 2 is 0.875 bits per heavy atom. The van der Waals surface area contributed by atoms with Crippen molar-refractivity contribution >= 4 is 0 Å². The Morgan fingerprint density at radius 1 is 0.542 bits per heavy atom. The summed E-state index contributed by atoms with van der Waals surface area (Å²) in [6.45, 7) is 8.52. The lowest BCUT2D eigenvalue weighted by Gasteiger charge is -2.07. The van der Waals surface area contributed by atoms with E-state index in [4.69, 9.17) is 0 Å². The van der Waals surface area contributed by atoms with E-state index < -0.39 is 0 Å². The van der Waals surface area contributed by atoms with Gasteiger partial charge in [-0.25, -0.2) is 0 Å². The van der Waals surface area contributed by atoms with Gasteiger partial charge in [-0.2, -0.15) is 0 Å². The second-order valence-corrected chi connectivity index (χ2v) is 6.49. The average molecular weight is 325 g/mol. The van der Waals surface area contributed by atoms with Crippen LogP contribution in [0.2, 0.25) is 0 Å². The molecule has 0 aromatic heterocycles. The molecule has 0 bridgehead atoms. The summed E-state index contributed by atoms with van der Waals surface area (Å²) in [4.78, 5) is 0. The van der Waals surface area contributed by atoms with Crippen LogP contribution in [-0.2, 0) is 25.9 Å². The van der Waals surface area contributed by atoms with E-state index in [-0.39, 0.29) is 0 Å². The molecule has 2 heteroatoms. The summed E-state index contributed by atoms with van der Waals surface area (Å²) in [5.74, 6) is 0. The first kappa shape index (κ1) is 18.7. The lowest BCUT2D eigenvalue weighted by molar-refractivity contribution is 0.675. The molecule has 24 heavy (non-hydrogen) atoms. The monoisotopic (exact) mass is 324 g/mol. The SMILES string of the molecule is CCCNCc1ccc(CCc2ccc(CNCCC)cc2)cc1. The normalized spacial score (nSPS) is 10.9. The Morgan fingerprint density at radius 3 is 1.21 bits per heavy atom. The molecule has 2 N–H and O–H groups in total. The molecule has 0 aliphatic carbocycles. The van der Waals surface area contributed by atoms with E-state index in [1.165, 1.54) is 35.1 Å². The van der Waals surface area contributed by atoms with Gasteiger partial charge in [0.25, 0.3) is 0 Å². The molecule has 0 spiro atoms. The van der Waals surface area contributed by atoms with E-state index in [1.54, 1.807) is 0 Å². The van der Waals surface area contributed by atoms with Crippen molar-refractivity contribution in [2.45, 2.75) is 52.6 Å². The van der Waals surface area contributed by atoms with Gasteiger partial charge in [-0.1, -0.05) is 62.4 Å². The molecule has 2 nitrogen and oxygen atoms in total. The first-order valence-corrected chi connectivity index (χ1v) is 9.39. The fourth-order valence-electron chi connectivity index (χ4n) is 2.76. The molecule has 0 heterocycles. The van der Waals surface area contributed by atoms with Crippen molar-refractivity contribution in [3.05, 3.63) is 70.8 Å². The lowest BCUT2D eigenvalue weighted by Crippen LogP contribution is -2.13. The van der Waals surface area contributed by atoms with Crippen LogP contribution >= 0.6 is 0 Å². The largest absolute Gasteiger partial charge is 0.313 e. The maximum absolute atomic E-state index is 3.45. The van der Waals surface area contributed by atoms with E-state index in [0.29, 0.717) is 0 Å². The number of nitrogens with one attached hydrogen (secondary N) is 2. The minimum absolute atomic E-state index is 0.974. The minimum atomic E-state index is 0.974. The molecule has 0 unspecified atom stereocenters. The van der Waals surface area contributed by atoms with Gasteiger partial charge in [-0.3, -0.25) is 0 Å². The number of rotatable bonds is 11. The molecule has 0 fully saturated rings. The van der Waals surface area contributed by atoms with Crippen LogP contribution in [0.3, 0.4) is 0 Å². The molecule has 0 atom stereocenters. The van der Waals surface area contributed by atoms with Gasteiger partial charge in [-0.15, -0.1) is 0 Å². The molecule has 0 aliphatic heterocycles. The van der Waals surface area contributed by atoms with E-state index in [1.807, 2.05) is 0 Å². The Labute approximate surface area is 147 Å². The summed E-state index contributed by atoms with van der Waals surface area (Å²) in [6, 6.07) is 18.1. The van der Waals surface area contributed by atoms with Crippen LogP contribution in [0, 0.1) is 0 Å². The van der Waals surface area contributed by atoms with Crippen LogP contribution < -0.4 is 10.6 Å². The molecule has 0 saturated heterocycles. The van der Waals surface area contributed by atoms with Crippen LogP contribution in [0.15, 0.2) is 48.5 Å². The Kier molecular flexibility index (Phi) is 8.58. The van der Waals surface area contributed by atoms with Crippen molar-refractivity contribution in [2.24, 2.45) is 0 Å². The van der Waals surface area contributed by atoms with Gasteiger partial charge in [0.2, 0.25) is 0 Å². The molecule has 0 aliphatic rings. The van der Waals surface area contributed by atoms with Gasteiger partial charge in [-0.05, 0) is 61.0 Å². The quantitative estimate of drug-likeness (QED) is 0.596. The van der Waals surface area contributed by atoms with Gasteiger partial charge < -0.3 is 10.6 Å². The fourth-order valence-corrected chi connectivity index (χ4v) is 2.76. The molecular formula is C22H32N2. The third-order valence-electron chi connectivity index (χ3n) is 4.26. The highest BCUT2D eigenvalue weighted by Gasteiger charge is 1.99. The molecule has 0 saturated carbocycles. The molecular weight excluding hydrogens is 292 g/mol. The molecule has 2 aromatic carbocycles. The highest BCUT2D eigenvalue weighted by atomic mass is 14.8. The fraction of sp³-hybridized carbons (Fsp3) is 0.455. The van der Waals surface area contributed by atoms with Crippen LogP contribution in [0.5, 0.6) is 0 Å². The minimum Gasteiger partial charge on any atom is -0.313 e. The Hall–Kier alpha value is -1.64. The van der Waals surface area contributed by atoms with Crippen LogP contribution in [0.25, 0.3) is 0 Å². The molecule has 130 valence electrons. The standard InChI is InChI=1S/C22H32N2/c1-3-15-23-17-21-11-7-19(8-12-21)5-6-20-9-13-22(14-10-20)18-24-16-4-2/h7-14,23-24H,3-6,15-18H2,1-2H3. The second-order valence-electron chi connectivity index (χ2n) is 6.49. The number of benzene rings is 2. The molecule has 2 rings (SSSR count). The lowest BCUT2D eigenvalue weighted by atomic mass is 10.0. The van der Waals surface area contributed by atoms with E-state index in [2.05, 4.69) is 73.0 Å². The van der Waals surface area contributed by atoms with Crippen molar-refractivity contribution in [1.29, 1.82) is 0 Å². The summed E-state index contributed by atoms with van der Waals surface area (Å²) >= 11 is 0. The van der Waals surface area contributed by atoms with Crippen molar-refractivity contribution in [3.63, 3.8) is 0 Å². The van der Waals surface area contributed by atoms with Gasteiger partial charge in [0.15, 0.2) is 0 Å². The first-order valence-electron chi connectivity index (χ1n) is 9.39. The topological polar surface area (TPSA) is 24.1 Å². The van der Waals surface area contributed by atoms with Crippen molar-refractivity contribution in [2.75, 3.05) is 13.1 Å². The molecule has 0 amide bonds. The van der Waals surface area contributed by atoms with Crippen molar-refractivity contribution in [3.8, 4) is 0 Å². The summed E-state index contributed by atoms with van der Waals surface area (Å²) in [7, 11) is 0. The second kappa shape index (κ2) is 11.0. The summed E-state index contributed by atoms with van der Waals surface area (Å²) in [5.41, 5.74) is 5.58. The first-order chi connectivity index (χ1) is 11.8. The summed E-state index contributed by atoms with van der Waals surface area (Å²) in [6.07, 6.45) is 4.59. The van der Waals surface area contributed by atoms with Crippen LogP contribution in [0.1, 0.15) is 48.9 Å². The van der Waals surface area contributed by atoms with Gasteiger partial charge in [0.1, 0.15) is 0 Å². The zero-order valence-corrected chi connectivity index (χ0v) is 15.3. The summed E-state index contributed by atoms with van der Waals surface area (Å²) in [5, 5.41) is 6.89. The zero-order chi connectivity index (χ0) is 17.0.